The highest BCUT2D eigenvalue weighted by atomic mass is 28.4. The maximum absolute atomic E-state index is 12.6. The van der Waals surface area contributed by atoms with Crippen LogP contribution in [0.5, 0.6) is 0 Å². The van der Waals surface area contributed by atoms with Crippen LogP contribution in [0.15, 0.2) is 24.3 Å². The quantitative estimate of drug-likeness (QED) is 0.774. The van der Waals surface area contributed by atoms with Crippen molar-refractivity contribution in [3.05, 3.63) is 29.8 Å². The molecule has 1 aromatic rings. The zero-order valence-corrected chi connectivity index (χ0v) is 13.2. The van der Waals surface area contributed by atoms with Crippen molar-refractivity contribution in [1.82, 2.24) is 0 Å². The van der Waals surface area contributed by atoms with Crippen LogP contribution in [0, 0.1) is 0 Å². The molecular formula is C14H20F3NO2Si. The van der Waals surface area contributed by atoms with Crippen molar-refractivity contribution in [2.75, 3.05) is 25.3 Å². The fourth-order valence-electron chi connectivity index (χ4n) is 2.83. The van der Waals surface area contributed by atoms with Gasteiger partial charge < -0.3 is 13.4 Å². The van der Waals surface area contributed by atoms with Crippen molar-refractivity contribution in [3.8, 4) is 0 Å². The van der Waals surface area contributed by atoms with Crippen LogP contribution in [0.4, 0.5) is 18.9 Å². The molecule has 1 heterocycles. The Kier molecular flexibility index (Phi) is 4.95. The van der Waals surface area contributed by atoms with Gasteiger partial charge >= 0.3 is 14.9 Å². The maximum atomic E-state index is 12.6. The lowest BCUT2D eigenvalue weighted by Crippen LogP contribution is -2.59. The lowest BCUT2D eigenvalue weighted by Gasteiger charge is -2.42. The van der Waals surface area contributed by atoms with Crippen LogP contribution in [0.1, 0.15) is 18.4 Å². The Morgan fingerprint density at radius 2 is 1.86 bits per heavy atom. The number of anilines is 1. The third-order valence-electron chi connectivity index (χ3n) is 3.88. The summed E-state index contributed by atoms with van der Waals surface area (Å²) >= 11 is 0. The van der Waals surface area contributed by atoms with Gasteiger partial charge in [0, 0.05) is 38.9 Å². The van der Waals surface area contributed by atoms with E-state index in [2.05, 4.69) is 0 Å². The molecule has 1 aromatic carbocycles. The average molecular weight is 319 g/mol. The molecular weight excluding hydrogens is 299 g/mol. The summed E-state index contributed by atoms with van der Waals surface area (Å²) in [7, 11) is -0.195. The first kappa shape index (κ1) is 16.3. The summed E-state index contributed by atoms with van der Waals surface area (Å²) in [6.07, 6.45) is -3.27. The Morgan fingerprint density at radius 1 is 1.19 bits per heavy atom. The number of alkyl halides is 3. The normalized spacial score (nSPS) is 16.0. The van der Waals surface area contributed by atoms with Crippen molar-refractivity contribution < 1.29 is 22.0 Å². The van der Waals surface area contributed by atoms with E-state index in [-0.39, 0.29) is 6.04 Å². The minimum absolute atomic E-state index is 0.127. The van der Waals surface area contributed by atoms with Crippen molar-refractivity contribution in [3.63, 3.8) is 0 Å². The zero-order chi connectivity index (χ0) is 15.5. The fourth-order valence-corrected chi connectivity index (χ4v) is 5.80. The second-order valence-electron chi connectivity index (χ2n) is 5.12. The molecule has 1 aliphatic heterocycles. The summed E-state index contributed by atoms with van der Waals surface area (Å²) in [6.45, 7) is 0.669. The van der Waals surface area contributed by atoms with E-state index < -0.39 is 21.3 Å². The molecule has 0 fully saturated rings. The summed E-state index contributed by atoms with van der Waals surface area (Å²) < 4.78 is 50.8. The number of benzene rings is 1. The minimum Gasteiger partial charge on any atom is -0.382 e. The lowest BCUT2D eigenvalue weighted by atomic mass is 10.0. The van der Waals surface area contributed by atoms with E-state index >= 15 is 0 Å². The van der Waals surface area contributed by atoms with E-state index in [1.807, 2.05) is 28.8 Å². The highest BCUT2D eigenvalue weighted by Crippen LogP contribution is 2.35. The first-order chi connectivity index (χ1) is 9.92. The van der Waals surface area contributed by atoms with Crippen LogP contribution >= 0.6 is 0 Å². The summed E-state index contributed by atoms with van der Waals surface area (Å²) in [4.78, 5) is 0. The van der Waals surface area contributed by atoms with Gasteiger partial charge in [-0.1, -0.05) is 18.2 Å². The monoisotopic (exact) mass is 319 g/mol. The van der Waals surface area contributed by atoms with Crippen molar-refractivity contribution in [2.45, 2.75) is 31.5 Å². The third-order valence-corrected chi connectivity index (χ3v) is 7.33. The van der Waals surface area contributed by atoms with Crippen LogP contribution in [0.3, 0.4) is 0 Å². The number of halogens is 3. The molecule has 21 heavy (non-hydrogen) atoms. The smallest absolute Gasteiger partial charge is 0.382 e. The Morgan fingerprint density at radius 3 is 2.48 bits per heavy atom. The molecule has 0 amide bonds. The minimum atomic E-state index is -4.20. The highest BCUT2D eigenvalue weighted by Gasteiger charge is 2.48. The van der Waals surface area contributed by atoms with Gasteiger partial charge in [0.25, 0.3) is 0 Å². The highest BCUT2D eigenvalue weighted by molar-refractivity contribution is 6.71. The zero-order valence-electron chi connectivity index (χ0n) is 12.2. The molecule has 0 bridgehead atoms. The summed E-state index contributed by atoms with van der Waals surface area (Å²) in [6, 6.07) is 7.65. The molecule has 118 valence electrons. The van der Waals surface area contributed by atoms with E-state index in [0.29, 0.717) is 6.54 Å². The number of aryl methyl sites for hydroxylation is 1. The largest absolute Gasteiger partial charge is 0.459 e. The summed E-state index contributed by atoms with van der Waals surface area (Å²) in [5.41, 5.74) is 2.09. The van der Waals surface area contributed by atoms with E-state index in [1.54, 1.807) is 0 Å². The van der Waals surface area contributed by atoms with Gasteiger partial charge in [-0.05, 0) is 24.5 Å². The lowest BCUT2D eigenvalue weighted by molar-refractivity contribution is -0.131. The Hall–Kier alpha value is -1.05. The van der Waals surface area contributed by atoms with Gasteiger partial charge in [-0.2, -0.15) is 13.2 Å². The molecule has 7 heteroatoms. The van der Waals surface area contributed by atoms with E-state index in [4.69, 9.17) is 8.85 Å². The molecule has 0 N–H and O–H groups in total. The number of hydrogen-bond donors (Lipinski definition) is 0. The van der Waals surface area contributed by atoms with Crippen LogP contribution in [0.25, 0.3) is 0 Å². The van der Waals surface area contributed by atoms with Gasteiger partial charge in [-0.3, -0.25) is 0 Å². The fraction of sp³-hybridized carbons (Fsp3) is 0.571. The second-order valence-corrected chi connectivity index (χ2v) is 8.40. The number of hydrogen-bond acceptors (Lipinski definition) is 3. The Bertz CT molecular complexity index is 478. The molecule has 1 aliphatic rings. The van der Waals surface area contributed by atoms with E-state index in [9.17, 15) is 13.2 Å². The van der Waals surface area contributed by atoms with Crippen molar-refractivity contribution >= 4 is 14.4 Å². The molecule has 2 rings (SSSR count). The van der Waals surface area contributed by atoms with Crippen LogP contribution in [-0.2, 0) is 15.3 Å². The average Bonchev–Trinajstić information content (AvgIpc) is 2.48. The van der Waals surface area contributed by atoms with Gasteiger partial charge in [0.1, 0.15) is 0 Å². The van der Waals surface area contributed by atoms with Gasteiger partial charge in [-0.15, -0.1) is 0 Å². The second kappa shape index (κ2) is 6.37. The first-order valence-electron chi connectivity index (χ1n) is 6.94. The summed E-state index contributed by atoms with van der Waals surface area (Å²) in [5.74, 6) is 0. The SMILES string of the molecule is CO[Si](CCC(F)(F)F)(OC)N1CCCc2ccccc21. The number of fused-ring (bicyclic) bond motifs is 1. The molecule has 0 atom stereocenters. The van der Waals surface area contributed by atoms with E-state index in [1.165, 1.54) is 14.2 Å². The standard InChI is InChI=1S/C14H20F3NO2Si/c1-19-21(20-2,11-9-14(15,16)17)18-10-5-7-12-6-3-4-8-13(12)18/h3-4,6,8H,5,7,9-11H2,1-2H3. The van der Waals surface area contributed by atoms with E-state index in [0.717, 1.165) is 24.1 Å². The molecule has 0 spiro atoms. The Labute approximate surface area is 124 Å². The predicted molar refractivity (Wildman–Crippen MR) is 77.4 cm³/mol. The van der Waals surface area contributed by atoms with Gasteiger partial charge in [0.2, 0.25) is 0 Å². The van der Waals surface area contributed by atoms with Crippen LogP contribution < -0.4 is 4.57 Å². The topological polar surface area (TPSA) is 21.7 Å². The molecule has 0 saturated heterocycles. The van der Waals surface area contributed by atoms with Gasteiger partial charge in [0.15, 0.2) is 0 Å². The number of para-hydroxylation sites is 1. The maximum Gasteiger partial charge on any atom is 0.459 e. The molecule has 0 unspecified atom stereocenters. The van der Waals surface area contributed by atoms with Crippen LogP contribution in [-0.4, -0.2) is 35.7 Å². The number of nitrogens with zero attached hydrogens (tertiary/aromatic N) is 1. The van der Waals surface area contributed by atoms with Gasteiger partial charge in [0.05, 0.1) is 0 Å². The molecule has 0 aromatic heterocycles. The van der Waals surface area contributed by atoms with Crippen molar-refractivity contribution in [1.29, 1.82) is 0 Å². The predicted octanol–water partition coefficient (Wildman–Crippen LogP) is 3.62. The Balaban J connectivity index is 2.30. The third kappa shape index (κ3) is 3.59. The summed E-state index contributed by atoms with van der Waals surface area (Å²) in [5, 5.41) is 0. The molecule has 3 nitrogen and oxygen atoms in total. The first-order valence-corrected chi connectivity index (χ1v) is 8.91. The molecule has 0 saturated carbocycles. The molecule has 0 aliphatic carbocycles. The number of rotatable bonds is 5. The molecule has 0 radical (unpaired) electrons. The van der Waals surface area contributed by atoms with Gasteiger partial charge in [-0.25, -0.2) is 0 Å². The van der Waals surface area contributed by atoms with Crippen LogP contribution in [0.2, 0.25) is 6.04 Å². The van der Waals surface area contributed by atoms with Crippen molar-refractivity contribution in [2.24, 2.45) is 0 Å².